The third kappa shape index (κ3) is 2.65. The molecule has 0 spiro atoms. The summed E-state index contributed by atoms with van der Waals surface area (Å²) in [6.45, 7) is 2.21. The Labute approximate surface area is 121 Å². The topological polar surface area (TPSA) is 30.3 Å². The van der Waals surface area contributed by atoms with Gasteiger partial charge in [0.1, 0.15) is 6.61 Å². The Morgan fingerprint density at radius 2 is 2.00 bits per heavy atom. The Morgan fingerprint density at radius 3 is 2.68 bits per heavy atom. The van der Waals surface area contributed by atoms with E-state index in [4.69, 9.17) is 27.9 Å². The molecule has 0 saturated heterocycles. The molecule has 2 aromatic rings. The molecule has 0 N–H and O–H groups in total. The van der Waals surface area contributed by atoms with Gasteiger partial charge in [-0.25, -0.2) is 4.68 Å². The van der Waals surface area contributed by atoms with Crippen molar-refractivity contribution < 1.29 is 4.74 Å². The van der Waals surface area contributed by atoms with E-state index in [9.17, 15) is 0 Å². The number of hydrogen-bond acceptors (Lipinski definition) is 3. The highest BCUT2D eigenvalue weighted by atomic mass is 35.5. The summed E-state index contributed by atoms with van der Waals surface area (Å²) in [5, 5.41) is 5.74. The molecule has 1 aliphatic heterocycles. The maximum atomic E-state index is 6.01. The molecule has 0 radical (unpaired) electrons. The molecular weight excluding hydrogens is 285 g/mol. The van der Waals surface area contributed by atoms with Crippen LogP contribution in [0.15, 0.2) is 24.3 Å². The number of nitrogens with zero attached hydrogens (tertiary/aromatic N) is 3. The summed E-state index contributed by atoms with van der Waals surface area (Å²) in [6.07, 6.45) is 0. The minimum absolute atomic E-state index is 0.630. The minimum Gasteiger partial charge on any atom is -0.476 e. The van der Waals surface area contributed by atoms with E-state index in [2.05, 4.69) is 10.00 Å². The fourth-order valence-electron chi connectivity index (χ4n) is 2.13. The van der Waals surface area contributed by atoms with Crippen LogP contribution >= 0.6 is 23.2 Å². The van der Waals surface area contributed by atoms with Crippen LogP contribution in [0.2, 0.25) is 10.0 Å². The first-order valence-corrected chi connectivity index (χ1v) is 6.74. The normalized spacial score (nSPS) is 13.2. The molecule has 0 atom stereocenters. The van der Waals surface area contributed by atoms with E-state index in [-0.39, 0.29) is 0 Å². The highest BCUT2D eigenvalue weighted by Crippen LogP contribution is 2.26. The van der Waals surface area contributed by atoms with Gasteiger partial charge in [0.15, 0.2) is 0 Å². The van der Waals surface area contributed by atoms with Gasteiger partial charge in [-0.05, 0) is 18.2 Å². The Hall–Kier alpha value is -1.39. The van der Waals surface area contributed by atoms with Crippen LogP contribution in [0, 0.1) is 0 Å². The van der Waals surface area contributed by atoms with Gasteiger partial charge in [-0.15, -0.1) is 0 Å². The third-order valence-corrected chi connectivity index (χ3v) is 3.47. The third-order valence-electron chi connectivity index (χ3n) is 3.03. The smallest absolute Gasteiger partial charge is 0.212 e. The predicted octanol–water partition coefficient (Wildman–Crippen LogP) is 3.22. The first-order chi connectivity index (χ1) is 9.11. The molecule has 3 rings (SSSR count). The van der Waals surface area contributed by atoms with Crippen molar-refractivity contribution >= 4 is 28.9 Å². The lowest BCUT2D eigenvalue weighted by Gasteiger charge is -2.18. The average molecular weight is 298 g/mol. The minimum atomic E-state index is 0.630. The summed E-state index contributed by atoms with van der Waals surface area (Å²) < 4.78 is 7.33. The molecule has 100 valence electrons. The van der Waals surface area contributed by atoms with E-state index < -0.39 is 0 Å². The Kier molecular flexibility index (Phi) is 3.29. The number of halogens is 2. The molecule has 19 heavy (non-hydrogen) atoms. The van der Waals surface area contributed by atoms with Crippen molar-refractivity contribution in [1.29, 1.82) is 0 Å². The van der Waals surface area contributed by atoms with Gasteiger partial charge >= 0.3 is 0 Å². The predicted molar refractivity (Wildman–Crippen MR) is 76.3 cm³/mol. The first kappa shape index (κ1) is 12.6. The second-order valence-corrected chi connectivity index (χ2v) is 5.40. The molecule has 1 aromatic heterocycles. The van der Waals surface area contributed by atoms with Crippen LogP contribution in [0.5, 0.6) is 5.88 Å². The quantitative estimate of drug-likeness (QED) is 0.871. The van der Waals surface area contributed by atoms with Crippen LogP contribution in [-0.2, 0) is 13.1 Å². The van der Waals surface area contributed by atoms with Crippen molar-refractivity contribution in [2.75, 3.05) is 18.6 Å². The lowest BCUT2D eigenvalue weighted by molar-refractivity contribution is 0.356. The van der Waals surface area contributed by atoms with E-state index >= 15 is 0 Å². The van der Waals surface area contributed by atoms with Crippen molar-refractivity contribution in [1.82, 2.24) is 9.78 Å². The molecule has 0 amide bonds. The van der Waals surface area contributed by atoms with Gasteiger partial charge in [-0.2, -0.15) is 5.10 Å². The summed E-state index contributed by atoms with van der Waals surface area (Å²) in [7, 11) is 1.98. The molecule has 1 aromatic carbocycles. The van der Waals surface area contributed by atoms with Crippen molar-refractivity contribution in [3.63, 3.8) is 0 Å². The van der Waals surface area contributed by atoms with Crippen molar-refractivity contribution in [3.05, 3.63) is 40.0 Å². The number of ether oxygens (including phenoxy) is 1. The van der Waals surface area contributed by atoms with Gasteiger partial charge in [0.25, 0.3) is 0 Å². The van der Waals surface area contributed by atoms with Crippen LogP contribution in [0.4, 0.5) is 5.69 Å². The summed E-state index contributed by atoms with van der Waals surface area (Å²) in [5.74, 6) is 0.840. The molecule has 0 bridgehead atoms. The Morgan fingerprint density at radius 1 is 1.26 bits per heavy atom. The van der Waals surface area contributed by atoms with E-state index in [0.717, 1.165) is 23.8 Å². The number of fused-ring (bicyclic) bond motifs is 1. The van der Waals surface area contributed by atoms with E-state index in [1.165, 1.54) is 0 Å². The van der Waals surface area contributed by atoms with Gasteiger partial charge in [-0.3, -0.25) is 0 Å². The molecule has 0 unspecified atom stereocenters. The zero-order valence-electron chi connectivity index (χ0n) is 10.4. The maximum Gasteiger partial charge on any atom is 0.212 e. The fourth-order valence-corrected chi connectivity index (χ4v) is 2.65. The maximum absolute atomic E-state index is 6.01. The van der Waals surface area contributed by atoms with Gasteiger partial charge < -0.3 is 9.64 Å². The fraction of sp³-hybridized carbons (Fsp3) is 0.308. The molecular formula is C13H13Cl2N3O. The van der Waals surface area contributed by atoms with Gasteiger partial charge in [0.2, 0.25) is 5.88 Å². The molecule has 0 saturated carbocycles. The molecule has 4 nitrogen and oxygen atoms in total. The largest absolute Gasteiger partial charge is 0.476 e. The highest BCUT2D eigenvalue weighted by Gasteiger charge is 2.16. The summed E-state index contributed by atoms with van der Waals surface area (Å²) in [6, 6.07) is 7.45. The Balaban J connectivity index is 1.78. The zero-order valence-corrected chi connectivity index (χ0v) is 11.9. The van der Waals surface area contributed by atoms with Gasteiger partial charge in [0.05, 0.1) is 18.8 Å². The zero-order chi connectivity index (χ0) is 13.4. The van der Waals surface area contributed by atoms with Crippen LogP contribution < -0.4 is 9.64 Å². The van der Waals surface area contributed by atoms with Crippen molar-refractivity contribution in [2.45, 2.75) is 13.1 Å². The number of anilines is 1. The molecule has 0 fully saturated rings. The number of hydrogen-bond donors (Lipinski definition) is 0. The second kappa shape index (κ2) is 4.94. The SMILES string of the molecule is CN(Cc1cc2n(n1)CCO2)c1cc(Cl)cc(Cl)c1. The van der Waals surface area contributed by atoms with Crippen LogP contribution in [-0.4, -0.2) is 23.4 Å². The lowest BCUT2D eigenvalue weighted by Crippen LogP contribution is -2.17. The first-order valence-electron chi connectivity index (χ1n) is 5.98. The second-order valence-electron chi connectivity index (χ2n) is 4.53. The van der Waals surface area contributed by atoms with Crippen LogP contribution in [0.25, 0.3) is 0 Å². The molecule has 0 aliphatic carbocycles. The molecule has 1 aliphatic rings. The highest BCUT2D eigenvalue weighted by molar-refractivity contribution is 6.35. The number of aromatic nitrogens is 2. The van der Waals surface area contributed by atoms with Gasteiger partial charge in [0, 0.05) is 28.8 Å². The van der Waals surface area contributed by atoms with Gasteiger partial charge in [-0.1, -0.05) is 23.2 Å². The number of benzene rings is 1. The average Bonchev–Trinajstić information content (AvgIpc) is 2.88. The molecule has 6 heteroatoms. The summed E-state index contributed by atoms with van der Waals surface area (Å²) >= 11 is 12.0. The lowest BCUT2D eigenvalue weighted by atomic mass is 10.3. The van der Waals surface area contributed by atoms with Crippen molar-refractivity contribution in [3.8, 4) is 5.88 Å². The van der Waals surface area contributed by atoms with E-state index in [1.807, 2.05) is 29.9 Å². The Bertz CT molecular complexity index is 570. The monoisotopic (exact) mass is 297 g/mol. The van der Waals surface area contributed by atoms with E-state index in [1.54, 1.807) is 6.07 Å². The van der Waals surface area contributed by atoms with Crippen molar-refractivity contribution in [2.24, 2.45) is 0 Å². The van der Waals surface area contributed by atoms with Crippen LogP contribution in [0.1, 0.15) is 5.69 Å². The standard InChI is InChI=1S/C13H13Cl2N3O/c1-17(12-5-9(14)4-10(15)6-12)8-11-7-13-18(16-11)2-3-19-13/h4-7H,2-3,8H2,1H3. The van der Waals surface area contributed by atoms with E-state index in [0.29, 0.717) is 23.2 Å². The van der Waals surface area contributed by atoms with Crippen LogP contribution in [0.3, 0.4) is 0 Å². The number of rotatable bonds is 3. The summed E-state index contributed by atoms with van der Waals surface area (Å²) in [5.41, 5.74) is 1.93. The molecule has 2 heterocycles. The summed E-state index contributed by atoms with van der Waals surface area (Å²) in [4.78, 5) is 2.05.